The Balaban J connectivity index is 0.00000240. The van der Waals surface area contributed by atoms with Gasteiger partial charge in [0, 0.05) is 33.1 Å². The van der Waals surface area contributed by atoms with Gasteiger partial charge in [-0.25, -0.2) is 4.99 Å². The Morgan fingerprint density at radius 1 is 0.966 bits per heavy atom. The third kappa shape index (κ3) is 4.66. The van der Waals surface area contributed by atoms with Gasteiger partial charge in [0.05, 0.1) is 0 Å². The summed E-state index contributed by atoms with van der Waals surface area (Å²) in [5, 5.41) is 2.84. The predicted molar refractivity (Wildman–Crippen MR) is 117 cm³/mol. The maximum absolute atomic E-state index is 12.3. The number of piperazine rings is 1. The number of carbonyl (C=O) groups is 2. The summed E-state index contributed by atoms with van der Waals surface area (Å²) in [5.41, 5.74) is 3.61. The first-order valence-electron chi connectivity index (χ1n) is 9.38. The fourth-order valence-corrected chi connectivity index (χ4v) is 3.40. The lowest BCUT2D eigenvalue weighted by molar-refractivity contribution is -0.130. The summed E-state index contributed by atoms with van der Waals surface area (Å²) in [6.45, 7) is 4.19. The number of rotatable bonds is 2. The first-order chi connectivity index (χ1) is 13.6. The lowest BCUT2D eigenvalue weighted by atomic mass is 10.0. The number of aliphatic imine (C=N–C) groups is 1. The van der Waals surface area contributed by atoms with Crippen LogP contribution in [0.25, 0.3) is 17.2 Å². The van der Waals surface area contributed by atoms with Crippen molar-refractivity contribution in [2.24, 2.45) is 4.99 Å². The van der Waals surface area contributed by atoms with E-state index in [2.05, 4.69) is 22.4 Å². The number of amides is 2. The normalized spacial score (nSPS) is 17.6. The second-order valence-electron chi connectivity index (χ2n) is 6.90. The largest absolute Gasteiger partial charge is 0.339 e. The van der Waals surface area contributed by atoms with Crippen molar-refractivity contribution in [1.29, 1.82) is 0 Å². The Morgan fingerprint density at radius 2 is 1.59 bits per heavy atom. The zero-order valence-corrected chi connectivity index (χ0v) is 17.0. The quantitative estimate of drug-likeness (QED) is 0.774. The van der Waals surface area contributed by atoms with E-state index in [-0.39, 0.29) is 24.2 Å². The molecule has 2 aliphatic rings. The number of guanidine groups is 1. The molecule has 7 heteroatoms. The minimum atomic E-state index is -0.198. The summed E-state index contributed by atoms with van der Waals surface area (Å²) in [4.78, 5) is 32.0. The van der Waals surface area contributed by atoms with Gasteiger partial charge in [0.2, 0.25) is 11.9 Å². The average molecular weight is 411 g/mol. The van der Waals surface area contributed by atoms with Crippen LogP contribution in [-0.2, 0) is 9.59 Å². The van der Waals surface area contributed by atoms with Crippen LogP contribution in [0.3, 0.4) is 0 Å². The van der Waals surface area contributed by atoms with Crippen LogP contribution in [0.4, 0.5) is 0 Å². The maximum atomic E-state index is 12.3. The molecule has 0 aromatic heterocycles. The first kappa shape index (κ1) is 20.6. The van der Waals surface area contributed by atoms with Gasteiger partial charge >= 0.3 is 0 Å². The van der Waals surface area contributed by atoms with Gasteiger partial charge in [-0.2, -0.15) is 0 Å². The Bertz CT molecular complexity index is 947. The van der Waals surface area contributed by atoms with Gasteiger partial charge in [0.15, 0.2) is 0 Å². The molecule has 2 amide bonds. The highest BCUT2D eigenvalue weighted by Gasteiger charge is 2.27. The molecule has 0 radical (unpaired) electrons. The van der Waals surface area contributed by atoms with Crippen molar-refractivity contribution in [2.45, 2.75) is 6.92 Å². The Kier molecular flexibility index (Phi) is 6.34. The van der Waals surface area contributed by atoms with Crippen molar-refractivity contribution in [3.63, 3.8) is 0 Å². The molecule has 0 atom stereocenters. The van der Waals surface area contributed by atoms with E-state index >= 15 is 0 Å². The lowest BCUT2D eigenvalue weighted by Gasteiger charge is -2.34. The number of halogens is 1. The molecule has 150 valence electrons. The van der Waals surface area contributed by atoms with Crippen LogP contribution in [0.1, 0.15) is 12.5 Å². The third-order valence-electron chi connectivity index (χ3n) is 5.03. The van der Waals surface area contributed by atoms with E-state index in [9.17, 15) is 9.59 Å². The lowest BCUT2D eigenvalue weighted by Crippen LogP contribution is -2.52. The van der Waals surface area contributed by atoms with E-state index < -0.39 is 0 Å². The van der Waals surface area contributed by atoms with Crippen molar-refractivity contribution in [2.75, 3.05) is 26.2 Å². The van der Waals surface area contributed by atoms with E-state index in [0.29, 0.717) is 37.8 Å². The van der Waals surface area contributed by atoms with Crippen LogP contribution in [0.15, 0.2) is 65.3 Å². The van der Waals surface area contributed by atoms with Crippen LogP contribution in [0.2, 0.25) is 0 Å². The van der Waals surface area contributed by atoms with E-state index in [1.54, 1.807) is 17.9 Å². The van der Waals surface area contributed by atoms with Crippen molar-refractivity contribution < 1.29 is 9.59 Å². The topological polar surface area (TPSA) is 65.0 Å². The minimum Gasteiger partial charge on any atom is -0.339 e. The smallest absolute Gasteiger partial charge is 0.276 e. The number of hydrogen-bond donors (Lipinski definition) is 1. The zero-order chi connectivity index (χ0) is 19.5. The van der Waals surface area contributed by atoms with E-state index in [1.165, 1.54) is 0 Å². The van der Waals surface area contributed by atoms with Gasteiger partial charge in [0.25, 0.3) is 5.91 Å². The van der Waals surface area contributed by atoms with Gasteiger partial charge < -0.3 is 9.80 Å². The summed E-state index contributed by atoms with van der Waals surface area (Å²) < 4.78 is 0. The molecule has 2 aliphatic heterocycles. The Labute approximate surface area is 176 Å². The first-order valence-corrected chi connectivity index (χ1v) is 9.38. The molecule has 1 fully saturated rings. The Hall–Kier alpha value is -3.12. The number of hydrogen-bond acceptors (Lipinski definition) is 4. The molecule has 0 aliphatic carbocycles. The van der Waals surface area contributed by atoms with Crippen LogP contribution in [0.5, 0.6) is 0 Å². The molecule has 2 aromatic carbocycles. The van der Waals surface area contributed by atoms with Crippen LogP contribution in [-0.4, -0.2) is 53.8 Å². The standard InChI is InChI=1S/C22H22N4O2.ClH/c1-16(27)25-11-13-26(14-12-25)22-23-20(21(28)24-22)15-17-7-9-19(10-8-17)18-5-3-2-4-6-18;/h2-10,15H,11-14H2,1H3,(H,23,24,28);1H. The van der Waals surface area contributed by atoms with Gasteiger partial charge in [-0.3, -0.25) is 14.9 Å². The molecule has 1 saturated heterocycles. The highest BCUT2D eigenvalue weighted by atomic mass is 35.5. The number of benzene rings is 2. The summed E-state index contributed by atoms with van der Waals surface area (Å²) in [5.74, 6) is 0.452. The average Bonchev–Trinajstić information content (AvgIpc) is 3.09. The molecule has 4 rings (SSSR count). The number of carbonyl (C=O) groups excluding carboxylic acids is 2. The van der Waals surface area contributed by atoms with E-state index in [4.69, 9.17) is 0 Å². The van der Waals surface area contributed by atoms with Crippen LogP contribution < -0.4 is 5.32 Å². The molecular weight excluding hydrogens is 388 g/mol. The molecule has 1 N–H and O–H groups in total. The molecule has 0 unspecified atom stereocenters. The summed E-state index contributed by atoms with van der Waals surface area (Å²) in [7, 11) is 0. The summed E-state index contributed by atoms with van der Waals surface area (Å²) in [6.07, 6.45) is 1.79. The van der Waals surface area contributed by atoms with Gasteiger partial charge in [0.1, 0.15) is 5.70 Å². The fourth-order valence-electron chi connectivity index (χ4n) is 3.40. The minimum absolute atomic E-state index is 0. The molecule has 0 spiro atoms. The molecular formula is C22H23ClN4O2. The zero-order valence-electron chi connectivity index (χ0n) is 16.2. The molecule has 2 heterocycles. The highest BCUT2D eigenvalue weighted by Crippen LogP contribution is 2.21. The van der Waals surface area contributed by atoms with Gasteiger partial charge in [-0.15, -0.1) is 12.4 Å². The monoisotopic (exact) mass is 410 g/mol. The van der Waals surface area contributed by atoms with Gasteiger partial charge in [-0.05, 0) is 22.8 Å². The van der Waals surface area contributed by atoms with Crippen molar-refractivity contribution in [1.82, 2.24) is 15.1 Å². The van der Waals surface area contributed by atoms with E-state index in [0.717, 1.165) is 16.7 Å². The SMILES string of the molecule is CC(=O)N1CCN(C2=NC(=Cc3ccc(-c4ccccc4)cc3)C(=O)N2)CC1.Cl. The van der Waals surface area contributed by atoms with Gasteiger partial charge in [-0.1, -0.05) is 54.6 Å². The second-order valence-corrected chi connectivity index (χ2v) is 6.90. The third-order valence-corrected chi connectivity index (χ3v) is 5.03. The van der Waals surface area contributed by atoms with Crippen molar-refractivity contribution >= 4 is 36.3 Å². The molecule has 0 bridgehead atoms. The molecule has 6 nitrogen and oxygen atoms in total. The maximum Gasteiger partial charge on any atom is 0.276 e. The highest BCUT2D eigenvalue weighted by molar-refractivity contribution is 6.13. The van der Waals surface area contributed by atoms with Crippen LogP contribution >= 0.6 is 12.4 Å². The van der Waals surface area contributed by atoms with Crippen LogP contribution in [0, 0.1) is 0 Å². The molecule has 2 aromatic rings. The Morgan fingerprint density at radius 3 is 2.21 bits per heavy atom. The molecule has 29 heavy (non-hydrogen) atoms. The molecule has 0 saturated carbocycles. The number of nitrogens with zero attached hydrogens (tertiary/aromatic N) is 3. The van der Waals surface area contributed by atoms with Crippen molar-refractivity contribution in [3.05, 3.63) is 65.9 Å². The van der Waals surface area contributed by atoms with E-state index in [1.807, 2.05) is 47.4 Å². The summed E-state index contributed by atoms with van der Waals surface area (Å²) in [6, 6.07) is 18.2. The summed E-state index contributed by atoms with van der Waals surface area (Å²) >= 11 is 0. The second kappa shape index (κ2) is 8.92. The van der Waals surface area contributed by atoms with Crippen molar-refractivity contribution in [3.8, 4) is 11.1 Å². The fraction of sp³-hybridized carbons (Fsp3) is 0.227. The number of nitrogens with one attached hydrogen (secondary N) is 1. The predicted octanol–water partition coefficient (Wildman–Crippen LogP) is 2.77.